The van der Waals surface area contributed by atoms with E-state index in [9.17, 15) is 9.59 Å². The average Bonchev–Trinajstić information content (AvgIpc) is 3.33. The fourth-order valence-electron chi connectivity index (χ4n) is 4.58. The molecule has 4 rings (SSSR count). The van der Waals surface area contributed by atoms with Crippen molar-refractivity contribution in [1.82, 2.24) is 19.9 Å². The maximum atomic E-state index is 13.4. The molecule has 0 spiro atoms. The van der Waals surface area contributed by atoms with E-state index >= 15 is 0 Å². The van der Waals surface area contributed by atoms with Gasteiger partial charge in [0, 0.05) is 17.5 Å². The van der Waals surface area contributed by atoms with Crippen molar-refractivity contribution in [1.29, 1.82) is 0 Å². The number of rotatable bonds is 6. The highest BCUT2D eigenvalue weighted by molar-refractivity contribution is 6.37. The zero-order valence-electron chi connectivity index (χ0n) is 17.6. The normalized spacial score (nSPS) is 19.2. The van der Waals surface area contributed by atoms with Crippen LogP contribution in [0.15, 0.2) is 27.5 Å². The summed E-state index contributed by atoms with van der Waals surface area (Å²) in [5, 5.41) is 9.00. The first-order chi connectivity index (χ1) is 14.4. The Bertz CT molecular complexity index is 1150. The van der Waals surface area contributed by atoms with E-state index in [0.717, 1.165) is 36.8 Å². The van der Waals surface area contributed by atoms with Crippen LogP contribution in [0.2, 0.25) is 5.02 Å². The highest BCUT2D eigenvalue weighted by Gasteiger charge is 2.30. The molecule has 1 fully saturated rings. The summed E-state index contributed by atoms with van der Waals surface area (Å²) in [6, 6.07) is 5.58. The summed E-state index contributed by atoms with van der Waals surface area (Å²) in [6.45, 7) is 7.93. The number of pyridine rings is 1. The lowest BCUT2D eigenvalue weighted by Crippen LogP contribution is -2.41. The van der Waals surface area contributed by atoms with Crippen LogP contribution in [0.1, 0.15) is 44.9 Å². The molecule has 160 valence electrons. The number of hydrogen-bond acceptors (Lipinski definition) is 5. The molecule has 0 radical (unpaired) electrons. The SMILES string of the molecule is CCN(CC)CC(=O)NC1CCC(n2c(=O)c3c(C)onc3c3c(Cl)cccc32)C1. The van der Waals surface area contributed by atoms with Crippen molar-refractivity contribution in [2.45, 2.75) is 52.1 Å². The van der Waals surface area contributed by atoms with Crippen LogP contribution in [0.4, 0.5) is 0 Å². The highest BCUT2D eigenvalue weighted by atomic mass is 35.5. The maximum absolute atomic E-state index is 13.4. The molecule has 3 aromatic rings. The molecule has 0 bridgehead atoms. The lowest BCUT2D eigenvalue weighted by molar-refractivity contribution is -0.122. The summed E-state index contributed by atoms with van der Waals surface area (Å²) in [6.07, 6.45) is 2.36. The third-order valence-electron chi connectivity index (χ3n) is 6.18. The molecule has 2 atom stereocenters. The number of aromatic nitrogens is 2. The molecular formula is C22H27ClN4O3. The van der Waals surface area contributed by atoms with E-state index in [2.05, 4.69) is 15.4 Å². The lowest BCUT2D eigenvalue weighted by atomic mass is 10.1. The van der Waals surface area contributed by atoms with Crippen LogP contribution in [-0.2, 0) is 4.79 Å². The van der Waals surface area contributed by atoms with Gasteiger partial charge >= 0.3 is 0 Å². The Morgan fingerprint density at radius 1 is 1.30 bits per heavy atom. The van der Waals surface area contributed by atoms with Crippen molar-refractivity contribution in [2.24, 2.45) is 0 Å². The Kier molecular flexibility index (Phi) is 5.84. The Morgan fingerprint density at radius 3 is 2.80 bits per heavy atom. The molecule has 2 unspecified atom stereocenters. The first-order valence-corrected chi connectivity index (χ1v) is 10.9. The van der Waals surface area contributed by atoms with E-state index in [0.29, 0.717) is 34.7 Å². The smallest absolute Gasteiger partial charge is 0.264 e. The number of halogens is 1. The van der Waals surface area contributed by atoms with Gasteiger partial charge in [0.2, 0.25) is 5.91 Å². The molecule has 8 heteroatoms. The first kappa shape index (κ1) is 20.9. The van der Waals surface area contributed by atoms with Crippen LogP contribution in [0.25, 0.3) is 21.8 Å². The molecule has 0 aliphatic heterocycles. The number of hydrogen-bond donors (Lipinski definition) is 1. The predicted molar refractivity (Wildman–Crippen MR) is 118 cm³/mol. The summed E-state index contributed by atoms with van der Waals surface area (Å²) in [7, 11) is 0. The zero-order chi connectivity index (χ0) is 21.4. The van der Waals surface area contributed by atoms with Crippen LogP contribution in [-0.4, -0.2) is 46.2 Å². The third-order valence-corrected chi connectivity index (χ3v) is 6.50. The van der Waals surface area contributed by atoms with Crippen molar-refractivity contribution >= 4 is 39.3 Å². The summed E-state index contributed by atoms with van der Waals surface area (Å²) < 4.78 is 7.15. The largest absolute Gasteiger partial charge is 0.360 e. The molecule has 2 aromatic heterocycles. The monoisotopic (exact) mass is 430 g/mol. The Labute approximate surface area is 179 Å². The van der Waals surface area contributed by atoms with Gasteiger partial charge in [-0.05, 0) is 51.4 Å². The van der Waals surface area contributed by atoms with Gasteiger partial charge in [-0.3, -0.25) is 14.5 Å². The van der Waals surface area contributed by atoms with Gasteiger partial charge in [0.1, 0.15) is 16.7 Å². The van der Waals surface area contributed by atoms with Crippen LogP contribution in [0.5, 0.6) is 0 Å². The fourth-order valence-corrected chi connectivity index (χ4v) is 4.84. The van der Waals surface area contributed by atoms with E-state index < -0.39 is 0 Å². The van der Waals surface area contributed by atoms with Crippen molar-refractivity contribution in [2.75, 3.05) is 19.6 Å². The minimum absolute atomic E-state index is 0.0177. The number of likely N-dealkylation sites (N-methyl/N-ethyl adjacent to an activating group) is 1. The molecule has 1 aromatic carbocycles. The lowest BCUT2D eigenvalue weighted by Gasteiger charge is -2.21. The summed E-state index contributed by atoms with van der Waals surface area (Å²) in [4.78, 5) is 27.9. The van der Waals surface area contributed by atoms with Crippen LogP contribution >= 0.6 is 11.6 Å². The van der Waals surface area contributed by atoms with Crippen LogP contribution < -0.4 is 10.9 Å². The van der Waals surface area contributed by atoms with E-state index in [1.54, 1.807) is 13.0 Å². The number of nitrogens with one attached hydrogen (secondary N) is 1. The Balaban J connectivity index is 1.66. The van der Waals surface area contributed by atoms with Crippen molar-refractivity contribution < 1.29 is 9.32 Å². The molecule has 1 N–H and O–H groups in total. The van der Waals surface area contributed by atoms with E-state index in [-0.39, 0.29) is 23.6 Å². The first-order valence-electron chi connectivity index (χ1n) is 10.5. The minimum atomic E-state index is -0.112. The molecule has 2 heterocycles. The van der Waals surface area contributed by atoms with Gasteiger partial charge in [0.25, 0.3) is 5.56 Å². The van der Waals surface area contributed by atoms with Gasteiger partial charge in [-0.25, -0.2) is 0 Å². The second kappa shape index (κ2) is 8.40. The number of amides is 1. The number of carbonyl (C=O) groups excluding carboxylic acids is 1. The second-order valence-corrected chi connectivity index (χ2v) is 8.37. The molecule has 1 aliphatic carbocycles. The fraction of sp³-hybridized carbons (Fsp3) is 0.500. The van der Waals surface area contributed by atoms with Crippen molar-refractivity contribution in [3.63, 3.8) is 0 Å². The van der Waals surface area contributed by atoms with E-state index in [4.69, 9.17) is 16.1 Å². The van der Waals surface area contributed by atoms with E-state index in [1.807, 2.05) is 30.5 Å². The topological polar surface area (TPSA) is 80.4 Å². The second-order valence-electron chi connectivity index (χ2n) is 7.96. The Morgan fingerprint density at radius 2 is 2.07 bits per heavy atom. The van der Waals surface area contributed by atoms with Crippen molar-refractivity contribution in [3.8, 4) is 0 Å². The zero-order valence-corrected chi connectivity index (χ0v) is 18.3. The number of carbonyl (C=O) groups is 1. The standard InChI is InChI=1S/C22H27ClN4O3/c1-4-26(5-2)12-18(28)24-14-9-10-15(11-14)27-17-8-6-7-16(23)20(17)21-19(22(27)29)13(3)30-25-21/h6-8,14-15H,4-5,9-12H2,1-3H3,(H,24,28). The van der Waals surface area contributed by atoms with Crippen molar-refractivity contribution in [3.05, 3.63) is 39.3 Å². The molecule has 1 amide bonds. The maximum Gasteiger partial charge on any atom is 0.264 e. The van der Waals surface area contributed by atoms with Crippen LogP contribution in [0, 0.1) is 6.92 Å². The summed E-state index contributed by atoms with van der Waals surface area (Å²) >= 11 is 6.49. The van der Waals surface area contributed by atoms with Gasteiger partial charge in [0.15, 0.2) is 0 Å². The molecule has 1 saturated carbocycles. The third kappa shape index (κ3) is 3.61. The van der Waals surface area contributed by atoms with Gasteiger partial charge in [-0.2, -0.15) is 0 Å². The molecule has 0 saturated heterocycles. The quantitative estimate of drug-likeness (QED) is 0.645. The van der Waals surface area contributed by atoms with Crippen LogP contribution in [0.3, 0.4) is 0 Å². The van der Waals surface area contributed by atoms with Gasteiger partial charge in [-0.1, -0.05) is 36.7 Å². The number of nitrogens with zero attached hydrogens (tertiary/aromatic N) is 3. The van der Waals surface area contributed by atoms with Gasteiger partial charge in [0.05, 0.1) is 17.1 Å². The summed E-state index contributed by atoms with van der Waals surface area (Å²) in [5.41, 5.74) is 1.16. The van der Waals surface area contributed by atoms with Gasteiger partial charge in [-0.15, -0.1) is 0 Å². The minimum Gasteiger partial charge on any atom is -0.360 e. The average molecular weight is 431 g/mol. The Hall–Kier alpha value is -2.38. The molecular weight excluding hydrogens is 404 g/mol. The highest BCUT2D eigenvalue weighted by Crippen LogP contribution is 2.36. The molecule has 1 aliphatic rings. The summed E-state index contributed by atoms with van der Waals surface area (Å²) in [5.74, 6) is 0.530. The van der Waals surface area contributed by atoms with Gasteiger partial charge < -0.3 is 14.4 Å². The van der Waals surface area contributed by atoms with E-state index in [1.165, 1.54) is 0 Å². The molecule has 7 nitrogen and oxygen atoms in total. The predicted octanol–water partition coefficient (Wildman–Crippen LogP) is 3.66. The number of fused-ring (bicyclic) bond motifs is 3. The number of benzene rings is 1. The molecule has 30 heavy (non-hydrogen) atoms. The number of aryl methyl sites for hydroxylation is 1.